The van der Waals surface area contributed by atoms with Gasteiger partial charge in [-0.3, -0.25) is 19.2 Å². The summed E-state index contributed by atoms with van der Waals surface area (Å²) in [5.41, 5.74) is 8.86. The van der Waals surface area contributed by atoms with Crippen LogP contribution in [0.4, 0.5) is 11.4 Å². The molecular formula is C35H28N4O4S2. The average Bonchev–Trinajstić information content (AvgIpc) is 3.58. The minimum atomic E-state index is -0.587. The molecule has 1 heterocycles. The first-order valence-electron chi connectivity index (χ1n) is 13.8. The first kappa shape index (κ1) is 31.0. The molecule has 4 aromatic carbocycles. The second kappa shape index (κ2) is 14.8. The van der Waals surface area contributed by atoms with Crippen LogP contribution in [0, 0.1) is 0 Å². The molecule has 45 heavy (non-hydrogen) atoms. The SMILES string of the molecule is NC(=O)c1ccc(NC(=O)C(Sc2ccc(NC(=O)/C(=C/c3ccsc3)NC(=O)c3ccccc3)cc2)c2ccccc2)cc1. The van der Waals surface area contributed by atoms with Gasteiger partial charge in [0.1, 0.15) is 10.9 Å². The van der Waals surface area contributed by atoms with Crippen molar-refractivity contribution >= 4 is 64.2 Å². The normalized spacial score (nSPS) is 11.7. The number of thiophene rings is 1. The van der Waals surface area contributed by atoms with Crippen molar-refractivity contribution in [2.45, 2.75) is 10.1 Å². The van der Waals surface area contributed by atoms with Gasteiger partial charge in [-0.25, -0.2) is 0 Å². The maximum absolute atomic E-state index is 13.4. The molecule has 0 saturated heterocycles. The van der Waals surface area contributed by atoms with E-state index in [9.17, 15) is 19.2 Å². The van der Waals surface area contributed by atoms with Crippen LogP contribution in [0.15, 0.2) is 137 Å². The van der Waals surface area contributed by atoms with Gasteiger partial charge < -0.3 is 21.7 Å². The number of amides is 4. The van der Waals surface area contributed by atoms with Crippen LogP contribution in [-0.2, 0) is 9.59 Å². The Morgan fingerprint density at radius 1 is 0.711 bits per heavy atom. The number of rotatable bonds is 11. The van der Waals surface area contributed by atoms with Crippen molar-refractivity contribution in [2.75, 3.05) is 10.6 Å². The van der Waals surface area contributed by atoms with Crippen LogP contribution < -0.4 is 21.7 Å². The number of benzene rings is 4. The predicted molar refractivity (Wildman–Crippen MR) is 180 cm³/mol. The summed E-state index contributed by atoms with van der Waals surface area (Å²) in [5.74, 6) is -1.66. The quantitative estimate of drug-likeness (QED) is 0.0948. The van der Waals surface area contributed by atoms with E-state index in [1.165, 1.54) is 23.1 Å². The monoisotopic (exact) mass is 632 g/mol. The Balaban J connectivity index is 1.29. The van der Waals surface area contributed by atoms with Gasteiger partial charge >= 0.3 is 0 Å². The highest BCUT2D eigenvalue weighted by atomic mass is 32.2. The van der Waals surface area contributed by atoms with Crippen LogP contribution in [0.3, 0.4) is 0 Å². The van der Waals surface area contributed by atoms with Gasteiger partial charge in [-0.15, -0.1) is 11.8 Å². The molecule has 224 valence electrons. The molecule has 1 aromatic heterocycles. The molecule has 0 aliphatic carbocycles. The fourth-order valence-corrected chi connectivity index (χ4v) is 5.89. The van der Waals surface area contributed by atoms with Crippen LogP contribution in [0.2, 0.25) is 0 Å². The molecule has 10 heteroatoms. The van der Waals surface area contributed by atoms with Gasteiger partial charge in [-0.2, -0.15) is 11.3 Å². The number of thioether (sulfide) groups is 1. The van der Waals surface area contributed by atoms with E-state index < -0.39 is 23.0 Å². The largest absolute Gasteiger partial charge is 0.366 e. The van der Waals surface area contributed by atoms with Crippen LogP contribution >= 0.6 is 23.1 Å². The standard InChI is InChI=1S/C35H28N4O4S2/c36-32(40)25-11-13-27(14-12-25)38-35(43)31(24-7-3-1-4-8-24)45-29-17-15-28(16-18-29)37-34(42)30(21-23-19-20-44-22-23)39-33(41)26-9-5-2-6-10-26/h1-22,31H,(H2,36,40)(H,37,42)(H,38,43)(H,39,41)/b30-21-. The third-order valence-electron chi connectivity index (χ3n) is 6.53. The zero-order valence-corrected chi connectivity index (χ0v) is 25.4. The highest BCUT2D eigenvalue weighted by Gasteiger charge is 2.23. The van der Waals surface area contributed by atoms with Gasteiger partial charge in [-0.1, -0.05) is 48.5 Å². The number of carbonyl (C=O) groups excluding carboxylic acids is 4. The first-order chi connectivity index (χ1) is 21.9. The lowest BCUT2D eigenvalue weighted by atomic mass is 10.1. The Bertz CT molecular complexity index is 1810. The van der Waals surface area contributed by atoms with E-state index in [1.54, 1.807) is 66.7 Å². The summed E-state index contributed by atoms with van der Waals surface area (Å²) in [6, 6.07) is 33.4. The van der Waals surface area contributed by atoms with Gasteiger partial charge in [-0.05, 0) is 94.7 Å². The van der Waals surface area contributed by atoms with Gasteiger partial charge in [0.25, 0.3) is 11.8 Å². The molecular weight excluding hydrogens is 605 g/mol. The lowest BCUT2D eigenvalue weighted by Gasteiger charge is -2.18. The highest BCUT2D eigenvalue weighted by Crippen LogP contribution is 2.36. The Morgan fingerprint density at radius 3 is 1.96 bits per heavy atom. The van der Waals surface area contributed by atoms with Crippen LogP contribution in [0.1, 0.15) is 37.1 Å². The van der Waals surface area contributed by atoms with E-state index >= 15 is 0 Å². The number of hydrogen-bond donors (Lipinski definition) is 4. The topological polar surface area (TPSA) is 130 Å². The molecule has 4 amide bonds. The van der Waals surface area contributed by atoms with Gasteiger partial charge in [0, 0.05) is 27.4 Å². The first-order valence-corrected chi connectivity index (χ1v) is 15.6. The maximum Gasteiger partial charge on any atom is 0.272 e. The van der Waals surface area contributed by atoms with Gasteiger partial charge in [0.2, 0.25) is 11.8 Å². The van der Waals surface area contributed by atoms with Gasteiger partial charge in [0.15, 0.2) is 0 Å². The van der Waals surface area contributed by atoms with Crippen LogP contribution in [0.5, 0.6) is 0 Å². The smallest absolute Gasteiger partial charge is 0.272 e. The summed E-state index contributed by atoms with van der Waals surface area (Å²) >= 11 is 2.84. The Labute approximate surface area is 268 Å². The Hall–Kier alpha value is -5.45. The number of primary amides is 1. The number of nitrogens with one attached hydrogen (secondary N) is 3. The van der Waals surface area contributed by atoms with E-state index in [2.05, 4.69) is 16.0 Å². The number of anilines is 2. The molecule has 0 fully saturated rings. The molecule has 5 aromatic rings. The van der Waals surface area contributed by atoms with Crippen molar-refractivity contribution in [3.63, 3.8) is 0 Å². The predicted octanol–water partition coefficient (Wildman–Crippen LogP) is 6.73. The van der Waals surface area contributed by atoms with Crippen molar-refractivity contribution in [1.29, 1.82) is 0 Å². The van der Waals surface area contributed by atoms with Crippen molar-refractivity contribution in [3.05, 3.63) is 154 Å². The summed E-state index contributed by atoms with van der Waals surface area (Å²) in [5, 5.41) is 11.7. The second-order valence-electron chi connectivity index (χ2n) is 9.75. The van der Waals surface area contributed by atoms with Crippen LogP contribution in [-0.4, -0.2) is 23.6 Å². The van der Waals surface area contributed by atoms with Crippen molar-refractivity contribution in [1.82, 2.24) is 5.32 Å². The molecule has 5 N–H and O–H groups in total. The molecule has 1 atom stereocenters. The van der Waals surface area contributed by atoms with Crippen molar-refractivity contribution in [3.8, 4) is 0 Å². The summed E-state index contributed by atoms with van der Waals surface area (Å²) < 4.78 is 0. The highest BCUT2D eigenvalue weighted by molar-refractivity contribution is 8.00. The fourth-order valence-electron chi connectivity index (χ4n) is 4.24. The second-order valence-corrected chi connectivity index (χ2v) is 11.7. The molecule has 0 bridgehead atoms. The summed E-state index contributed by atoms with van der Waals surface area (Å²) in [4.78, 5) is 51.8. The molecule has 0 aliphatic rings. The maximum atomic E-state index is 13.4. The van der Waals surface area contributed by atoms with E-state index in [0.717, 1.165) is 16.0 Å². The fraction of sp³-hybridized carbons (Fsp3) is 0.0286. The summed E-state index contributed by atoms with van der Waals surface area (Å²) in [7, 11) is 0. The minimum Gasteiger partial charge on any atom is -0.366 e. The Kier molecular flexibility index (Phi) is 10.2. The van der Waals surface area contributed by atoms with E-state index in [0.29, 0.717) is 22.5 Å². The van der Waals surface area contributed by atoms with Crippen molar-refractivity contribution < 1.29 is 19.2 Å². The summed E-state index contributed by atoms with van der Waals surface area (Å²) in [6.07, 6.45) is 1.63. The average molecular weight is 633 g/mol. The van der Waals surface area contributed by atoms with E-state index in [1.807, 2.05) is 65.4 Å². The third kappa shape index (κ3) is 8.56. The minimum absolute atomic E-state index is 0.102. The number of hydrogen-bond acceptors (Lipinski definition) is 6. The molecule has 5 rings (SSSR count). The van der Waals surface area contributed by atoms with Gasteiger partial charge in [0.05, 0.1) is 0 Å². The number of nitrogens with two attached hydrogens (primary N) is 1. The molecule has 0 spiro atoms. The number of carbonyl (C=O) groups is 4. The lowest BCUT2D eigenvalue weighted by molar-refractivity contribution is -0.116. The molecule has 8 nitrogen and oxygen atoms in total. The lowest BCUT2D eigenvalue weighted by Crippen LogP contribution is -2.30. The molecule has 0 radical (unpaired) electrons. The van der Waals surface area contributed by atoms with E-state index in [4.69, 9.17) is 5.73 Å². The summed E-state index contributed by atoms with van der Waals surface area (Å²) in [6.45, 7) is 0. The Morgan fingerprint density at radius 2 is 1.33 bits per heavy atom. The van der Waals surface area contributed by atoms with Crippen molar-refractivity contribution in [2.24, 2.45) is 5.73 Å². The zero-order chi connectivity index (χ0) is 31.6. The zero-order valence-electron chi connectivity index (χ0n) is 23.8. The molecule has 0 aliphatic heterocycles. The van der Waals surface area contributed by atoms with Crippen LogP contribution in [0.25, 0.3) is 6.08 Å². The molecule has 1 unspecified atom stereocenters. The molecule has 0 saturated carbocycles. The van der Waals surface area contributed by atoms with E-state index in [-0.39, 0.29) is 11.6 Å². The third-order valence-corrected chi connectivity index (χ3v) is 8.49.